The lowest BCUT2D eigenvalue weighted by Crippen LogP contribution is -1.93. The molecule has 0 saturated heterocycles. The molecule has 1 atom stereocenters. The van der Waals surface area contributed by atoms with Crippen molar-refractivity contribution in [1.29, 1.82) is 0 Å². The van der Waals surface area contributed by atoms with Crippen molar-refractivity contribution in [3.8, 4) is 0 Å². The molecular weight excluding hydrogens is 487 g/mol. The maximum atomic E-state index is 6.33. The zero-order valence-electron chi connectivity index (χ0n) is 10.0. The lowest BCUT2D eigenvalue weighted by atomic mass is 10.0. The van der Waals surface area contributed by atoms with Crippen molar-refractivity contribution in [2.24, 2.45) is 0 Å². The largest absolute Gasteiger partial charge is 0.142 e. The van der Waals surface area contributed by atoms with Crippen LogP contribution in [0.3, 0.4) is 0 Å². The smallest absolute Gasteiger partial charge is 0.0673 e. The first-order valence-corrected chi connectivity index (χ1v) is 9.58. The van der Waals surface area contributed by atoms with E-state index < -0.39 is 0 Å². The fourth-order valence-corrected chi connectivity index (χ4v) is 5.43. The van der Waals surface area contributed by atoms with Gasteiger partial charge in [0.2, 0.25) is 0 Å². The van der Waals surface area contributed by atoms with Crippen LogP contribution in [-0.2, 0) is 0 Å². The minimum Gasteiger partial charge on any atom is -0.142 e. The van der Waals surface area contributed by atoms with Crippen LogP contribution in [0, 0.1) is 0 Å². The Balaban J connectivity index is 2.15. The molecule has 0 aliphatic carbocycles. The van der Waals surface area contributed by atoms with Gasteiger partial charge in [0.15, 0.2) is 0 Å². The Kier molecular flexibility index (Phi) is 4.58. The summed E-state index contributed by atoms with van der Waals surface area (Å²) in [5.41, 5.74) is 2.31. The van der Waals surface area contributed by atoms with E-state index >= 15 is 0 Å². The number of fused-ring (bicyclic) bond motifs is 1. The van der Waals surface area contributed by atoms with Gasteiger partial charge in [-0.1, -0.05) is 55.6 Å². The molecule has 5 heteroatoms. The minimum atomic E-state index is 0.0792. The normalized spacial score (nSPS) is 12.8. The van der Waals surface area contributed by atoms with Gasteiger partial charge >= 0.3 is 0 Å². The van der Waals surface area contributed by atoms with E-state index in [2.05, 4.69) is 77.4 Å². The van der Waals surface area contributed by atoms with Crippen LogP contribution < -0.4 is 0 Å². The van der Waals surface area contributed by atoms with E-state index in [1.54, 1.807) is 11.3 Å². The van der Waals surface area contributed by atoms with Crippen molar-refractivity contribution in [1.82, 2.24) is 0 Å². The molecule has 0 saturated carbocycles. The van der Waals surface area contributed by atoms with E-state index in [0.717, 1.165) is 19.5 Å². The van der Waals surface area contributed by atoms with Gasteiger partial charge in [-0.15, -0.1) is 11.3 Å². The molecule has 0 amide bonds. The van der Waals surface area contributed by atoms with Gasteiger partial charge in [0.1, 0.15) is 0 Å². The summed E-state index contributed by atoms with van der Waals surface area (Å²) < 4.78 is 3.42. The highest BCUT2D eigenvalue weighted by molar-refractivity contribution is 9.11. The molecular formula is C15H8Br3ClS. The number of benzene rings is 2. The van der Waals surface area contributed by atoms with Gasteiger partial charge in [-0.05, 0) is 62.1 Å². The molecule has 0 bridgehead atoms. The lowest BCUT2D eigenvalue weighted by molar-refractivity contribution is 1.20. The number of alkyl halides is 1. The molecule has 20 heavy (non-hydrogen) atoms. The number of hydrogen-bond acceptors (Lipinski definition) is 1. The van der Waals surface area contributed by atoms with Gasteiger partial charge in [-0.3, -0.25) is 0 Å². The van der Waals surface area contributed by atoms with Crippen LogP contribution in [0.15, 0.2) is 50.7 Å². The highest BCUT2D eigenvalue weighted by Gasteiger charge is 2.18. The van der Waals surface area contributed by atoms with Crippen LogP contribution in [0.4, 0.5) is 0 Å². The lowest BCUT2D eigenvalue weighted by Gasteiger charge is -2.12. The van der Waals surface area contributed by atoms with Crippen molar-refractivity contribution < 1.29 is 0 Å². The van der Waals surface area contributed by atoms with Gasteiger partial charge in [-0.25, -0.2) is 0 Å². The van der Waals surface area contributed by atoms with E-state index in [1.165, 1.54) is 15.6 Å². The first kappa shape index (κ1) is 15.0. The second kappa shape index (κ2) is 6.09. The van der Waals surface area contributed by atoms with Gasteiger partial charge in [0, 0.05) is 18.7 Å². The van der Waals surface area contributed by atoms with E-state index in [1.807, 2.05) is 12.1 Å². The summed E-state index contributed by atoms with van der Waals surface area (Å²) in [5.74, 6) is 0. The minimum absolute atomic E-state index is 0.0792. The zero-order chi connectivity index (χ0) is 14.3. The summed E-state index contributed by atoms with van der Waals surface area (Å²) in [6, 6.07) is 12.2. The monoisotopic (exact) mass is 492 g/mol. The maximum absolute atomic E-state index is 6.33. The van der Waals surface area contributed by atoms with Gasteiger partial charge in [0.05, 0.1) is 4.83 Å². The molecule has 0 nitrogen and oxygen atoms in total. The second-order valence-corrected chi connectivity index (χ2v) is 8.31. The number of hydrogen-bond donors (Lipinski definition) is 0. The van der Waals surface area contributed by atoms with Crippen molar-refractivity contribution in [2.75, 3.05) is 0 Å². The molecule has 3 aromatic rings. The summed E-state index contributed by atoms with van der Waals surface area (Å²) in [6.45, 7) is 0. The molecule has 3 rings (SSSR count). The molecule has 1 heterocycles. The van der Waals surface area contributed by atoms with Crippen molar-refractivity contribution in [2.45, 2.75) is 4.83 Å². The topological polar surface area (TPSA) is 0 Å². The SMILES string of the molecule is Clc1ccc(Br)cc1C(Br)c1csc2c(Br)cccc12. The summed E-state index contributed by atoms with van der Waals surface area (Å²) in [4.78, 5) is 0.0792. The van der Waals surface area contributed by atoms with Crippen LogP contribution in [0.2, 0.25) is 5.02 Å². The van der Waals surface area contributed by atoms with Crippen LogP contribution >= 0.6 is 70.7 Å². The molecule has 2 aromatic carbocycles. The predicted octanol–water partition coefficient (Wildman–Crippen LogP) is 7.56. The Labute approximate surface area is 151 Å². The summed E-state index contributed by atoms with van der Waals surface area (Å²) in [6.07, 6.45) is 0. The molecule has 0 N–H and O–H groups in total. The standard InChI is InChI=1S/C15H8Br3ClS/c16-8-4-5-13(19)10(6-8)14(18)11-7-20-15-9(11)2-1-3-12(15)17/h1-7,14H. The Bertz CT molecular complexity index is 782. The molecule has 102 valence electrons. The average Bonchev–Trinajstić information content (AvgIpc) is 2.86. The molecule has 0 aliphatic rings. The highest BCUT2D eigenvalue weighted by atomic mass is 79.9. The summed E-state index contributed by atoms with van der Waals surface area (Å²) in [7, 11) is 0. The van der Waals surface area contributed by atoms with E-state index in [4.69, 9.17) is 11.6 Å². The molecule has 0 spiro atoms. The fourth-order valence-electron chi connectivity index (χ4n) is 2.11. The quantitative estimate of drug-likeness (QED) is 0.322. The molecule has 0 aliphatic heterocycles. The summed E-state index contributed by atoms with van der Waals surface area (Å²) >= 11 is 19.0. The van der Waals surface area contributed by atoms with E-state index in [-0.39, 0.29) is 4.83 Å². The van der Waals surface area contributed by atoms with Crippen LogP contribution in [-0.4, -0.2) is 0 Å². The first-order valence-electron chi connectivity index (χ1n) is 5.82. The zero-order valence-corrected chi connectivity index (χ0v) is 16.4. The third-order valence-electron chi connectivity index (χ3n) is 3.09. The highest BCUT2D eigenvalue weighted by Crippen LogP contribution is 2.43. The number of thiophene rings is 1. The number of halogens is 4. The Morgan fingerprint density at radius 3 is 2.65 bits per heavy atom. The third kappa shape index (κ3) is 2.73. The molecule has 0 radical (unpaired) electrons. The summed E-state index contributed by atoms with van der Waals surface area (Å²) in [5, 5.41) is 4.21. The predicted molar refractivity (Wildman–Crippen MR) is 99.4 cm³/mol. The Morgan fingerprint density at radius 1 is 1.05 bits per heavy atom. The van der Waals surface area contributed by atoms with Crippen LogP contribution in [0.25, 0.3) is 10.1 Å². The van der Waals surface area contributed by atoms with Gasteiger partial charge in [0.25, 0.3) is 0 Å². The first-order chi connectivity index (χ1) is 9.58. The maximum Gasteiger partial charge on any atom is 0.0673 e. The molecule has 1 unspecified atom stereocenters. The van der Waals surface area contributed by atoms with E-state index in [9.17, 15) is 0 Å². The van der Waals surface area contributed by atoms with Gasteiger partial charge < -0.3 is 0 Å². The third-order valence-corrected chi connectivity index (χ3v) is 6.88. The van der Waals surface area contributed by atoms with Crippen molar-refractivity contribution in [3.63, 3.8) is 0 Å². The Hall–Kier alpha value is 0.130. The van der Waals surface area contributed by atoms with Gasteiger partial charge in [-0.2, -0.15) is 0 Å². The molecule has 1 aromatic heterocycles. The van der Waals surface area contributed by atoms with Crippen LogP contribution in [0.5, 0.6) is 0 Å². The molecule has 0 fully saturated rings. The number of rotatable bonds is 2. The van der Waals surface area contributed by atoms with Crippen LogP contribution in [0.1, 0.15) is 16.0 Å². The van der Waals surface area contributed by atoms with E-state index in [0.29, 0.717) is 0 Å². The van der Waals surface area contributed by atoms with Crippen molar-refractivity contribution in [3.05, 3.63) is 66.9 Å². The Morgan fingerprint density at radius 2 is 1.85 bits per heavy atom. The second-order valence-electron chi connectivity index (χ2n) is 4.34. The fraction of sp³-hybridized carbons (Fsp3) is 0.0667. The van der Waals surface area contributed by atoms with Crippen molar-refractivity contribution >= 4 is 80.8 Å². The average molecular weight is 495 g/mol.